The zero-order chi connectivity index (χ0) is 5.98. The highest BCUT2D eigenvalue weighted by atomic mass is 79.9. The molecule has 0 bridgehead atoms. The van der Waals surface area contributed by atoms with Gasteiger partial charge in [0, 0.05) is 6.07 Å². The fourth-order valence-corrected chi connectivity index (χ4v) is 0.743. The number of carbonyl (C=O) groups is 1. The summed E-state index contributed by atoms with van der Waals surface area (Å²) in [6.45, 7) is 0. The Morgan fingerprint density at radius 2 is 2.50 bits per heavy atom. The van der Waals surface area contributed by atoms with Crippen molar-refractivity contribution in [1.29, 1.82) is 0 Å². The van der Waals surface area contributed by atoms with Crippen molar-refractivity contribution < 1.29 is 9.21 Å². The third kappa shape index (κ3) is 0.980. The zero-order valence-corrected chi connectivity index (χ0v) is 5.51. The second kappa shape index (κ2) is 2.13. The molecule has 0 radical (unpaired) electrons. The Morgan fingerprint density at radius 1 is 1.75 bits per heavy atom. The summed E-state index contributed by atoms with van der Waals surface area (Å²) in [6.07, 6.45) is 2.12. The van der Waals surface area contributed by atoms with Crippen molar-refractivity contribution >= 4 is 22.2 Å². The SMILES string of the molecule is O=Cc1coc(Br)c1. The van der Waals surface area contributed by atoms with Crippen LogP contribution in [0.4, 0.5) is 0 Å². The van der Waals surface area contributed by atoms with Crippen molar-refractivity contribution in [3.63, 3.8) is 0 Å². The van der Waals surface area contributed by atoms with Gasteiger partial charge in [0.15, 0.2) is 11.0 Å². The molecular formula is C5H3BrO2. The number of carbonyl (C=O) groups excluding carboxylic acids is 1. The van der Waals surface area contributed by atoms with Gasteiger partial charge in [-0.15, -0.1) is 0 Å². The molecule has 2 nitrogen and oxygen atoms in total. The first-order valence-corrected chi connectivity index (χ1v) is 2.81. The minimum absolute atomic E-state index is 0.553. The van der Waals surface area contributed by atoms with E-state index < -0.39 is 0 Å². The predicted octanol–water partition coefficient (Wildman–Crippen LogP) is 1.85. The summed E-state index contributed by atoms with van der Waals surface area (Å²) in [4.78, 5) is 9.94. The molecule has 0 aliphatic rings. The molecule has 0 aliphatic carbocycles. The van der Waals surface area contributed by atoms with E-state index in [1.807, 2.05) is 0 Å². The first kappa shape index (κ1) is 5.56. The van der Waals surface area contributed by atoms with Crippen LogP contribution in [0.1, 0.15) is 10.4 Å². The van der Waals surface area contributed by atoms with Crippen LogP contribution in [0.2, 0.25) is 0 Å². The number of aldehydes is 1. The van der Waals surface area contributed by atoms with Crippen LogP contribution in [0.5, 0.6) is 0 Å². The molecule has 0 N–H and O–H groups in total. The molecule has 1 rings (SSSR count). The Kier molecular flexibility index (Phi) is 1.48. The van der Waals surface area contributed by atoms with Crippen LogP contribution < -0.4 is 0 Å². The van der Waals surface area contributed by atoms with Crippen LogP contribution in [0.25, 0.3) is 0 Å². The number of hydrogen-bond acceptors (Lipinski definition) is 2. The van der Waals surface area contributed by atoms with Crippen molar-refractivity contribution in [1.82, 2.24) is 0 Å². The predicted molar refractivity (Wildman–Crippen MR) is 31.8 cm³/mol. The van der Waals surface area contributed by atoms with Gasteiger partial charge >= 0.3 is 0 Å². The first-order valence-electron chi connectivity index (χ1n) is 2.02. The van der Waals surface area contributed by atoms with E-state index in [-0.39, 0.29) is 0 Å². The van der Waals surface area contributed by atoms with Crippen LogP contribution >= 0.6 is 15.9 Å². The van der Waals surface area contributed by atoms with Crippen LogP contribution in [0, 0.1) is 0 Å². The summed E-state index contributed by atoms with van der Waals surface area (Å²) in [7, 11) is 0. The van der Waals surface area contributed by atoms with Gasteiger partial charge in [0.05, 0.1) is 5.56 Å². The Hall–Kier alpha value is -0.570. The minimum Gasteiger partial charge on any atom is -0.457 e. The lowest BCUT2D eigenvalue weighted by Gasteiger charge is -1.66. The monoisotopic (exact) mass is 174 g/mol. The van der Waals surface area contributed by atoms with Gasteiger partial charge < -0.3 is 4.42 Å². The van der Waals surface area contributed by atoms with Gasteiger partial charge in [0.2, 0.25) is 0 Å². The van der Waals surface area contributed by atoms with Crippen molar-refractivity contribution in [2.75, 3.05) is 0 Å². The molecule has 8 heavy (non-hydrogen) atoms. The Bertz CT molecular complexity index is 192. The van der Waals surface area contributed by atoms with E-state index in [4.69, 9.17) is 4.42 Å². The van der Waals surface area contributed by atoms with Gasteiger partial charge in [-0.25, -0.2) is 0 Å². The lowest BCUT2D eigenvalue weighted by molar-refractivity contribution is 0.112. The third-order valence-corrected chi connectivity index (χ3v) is 1.14. The van der Waals surface area contributed by atoms with Crippen molar-refractivity contribution in [2.45, 2.75) is 0 Å². The molecule has 0 aliphatic heterocycles. The van der Waals surface area contributed by atoms with Gasteiger partial charge in [-0.05, 0) is 15.9 Å². The van der Waals surface area contributed by atoms with Crippen LogP contribution in [-0.2, 0) is 0 Å². The smallest absolute Gasteiger partial charge is 0.169 e. The van der Waals surface area contributed by atoms with Crippen LogP contribution in [0.15, 0.2) is 21.4 Å². The maximum atomic E-state index is 9.94. The Balaban J connectivity index is 3.00. The van der Waals surface area contributed by atoms with Crippen molar-refractivity contribution in [3.05, 3.63) is 22.6 Å². The van der Waals surface area contributed by atoms with E-state index >= 15 is 0 Å². The second-order valence-electron chi connectivity index (χ2n) is 1.30. The molecule has 3 heteroatoms. The van der Waals surface area contributed by atoms with E-state index in [0.717, 1.165) is 6.29 Å². The second-order valence-corrected chi connectivity index (χ2v) is 2.08. The molecule has 0 spiro atoms. The maximum Gasteiger partial charge on any atom is 0.169 e. The molecule has 0 atom stereocenters. The summed E-state index contributed by atoms with van der Waals surface area (Å²) < 4.78 is 5.32. The fraction of sp³-hybridized carbons (Fsp3) is 0. The topological polar surface area (TPSA) is 30.2 Å². The lowest BCUT2D eigenvalue weighted by atomic mass is 10.4. The molecule has 0 unspecified atom stereocenters. The maximum absolute atomic E-state index is 9.94. The summed E-state index contributed by atoms with van der Waals surface area (Å²) in [6, 6.07) is 1.60. The fourth-order valence-electron chi connectivity index (χ4n) is 0.385. The third-order valence-electron chi connectivity index (χ3n) is 0.724. The molecule has 0 amide bonds. The number of halogens is 1. The standard InChI is InChI=1S/C5H3BrO2/c6-5-1-4(2-7)3-8-5/h1-3H. The minimum atomic E-state index is 0.553. The van der Waals surface area contributed by atoms with Crippen molar-refractivity contribution in [2.24, 2.45) is 0 Å². The van der Waals surface area contributed by atoms with Gasteiger partial charge in [0.25, 0.3) is 0 Å². The van der Waals surface area contributed by atoms with E-state index in [2.05, 4.69) is 15.9 Å². The molecule has 1 heterocycles. The van der Waals surface area contributed by atoms with E-state index in [1.165, 1.54) is 6.26 Å². The largest absolute Gasteiger partial charge is 0.457 e. The summed E-state index contributed by atoms with van der Waals surface area (Å²) in [5, 5.41) is 0. The molecule has 42 valence electrons. The Labute approximate surface area is 54.6 Å². The van der Waals surface area contributed by atoms with E-state index in [1.54, 1.807) is 6.07 Å². The van der Waals surface area contributed by atoms with Gasteiger partial charge in [0.1, 0.15) is 6.26 Å². The van der Waals surface area contributed by atoms with Crippen molar-refractivity contribution in [3.8, 4) is 0 Å². The number of rotatable bonds is 1. The molecular weight excluding hydrogens is 172 g/mol. The van der Waals surface area contributed by atoms with Crippen LogP contribution in [-0.4, -0.2) is 6.29 Å². The molecule has 1 aromatic rings. The normalized spacial score (nSPS) is 9.12. The average molecular weight is 175 g/mol. The number of furan rings is 1. The molecule has 0 saturated carbocycles. The zero-order valence-electron chi connectivity index (χ0n) is 3.93. The molecule has 1 aromatic heterocycles. The van der Waals surface area contributed by atoms with E-state index in [0.29, 0.717) is 10.2 Å². The molecule has 0 saturated heterocycles. The van der Waals surface area contributed by atoms with Gasteiger partial charge in [-0.1, -0.05) is 0 Å². The summed E-state index contributed by atoms with van der Waals surface area (Å²) in [5.74, 6) is 0. The summed E-state index contributed by atoms with van der Waals surface area (Å²) in [5.41, 5.74) is 0.553. The highest BCUT2D eigenvalue weighted by Gasteiger charge is 1.93. The van der Waals surface area contributed by atoms with E-state index in [9.17, 15) is 4.79 Å². The number of hydrogen-bond donors (Lipinski definition) is 0. The lowest BCUT2D eigenvalue weighted by Crippen LogP contribution is -1.65. The molecule has 0 fully saturated rings. The average Bonchev–Trinajstić information content (AvgIpc) is 2.14. The summed E-state index contributed by atoms with van der Waals surface area (Å²) >= 11 is 3.05. The first-order chi connectivity index (χ1) is 3.83. The molecule has 0 aromatic carbocycles. The quantitative estimate of drug-likeness (QED) is 0.609. The highest BCUT2D eigenvalue weighted by Crippen LogP contribution is 2.11. The van der Waals surface area contributed by atoms with Gasteiger partial charge in [-0.3, -0.25) is 4.79 Å². The highest BCUT2D eigenvalue weighted by molar-refractivity contribution is 9.10. The van der Waals surface area contributed by atoms with Crippen LogP contribution in [0.3, 0.4) is 0 Å². The Morgan fingerprint density at radius 3 is 2.75 bits per heavy atom. The van der Waals surface area contributed by atoms with Gasteiger partial charge in [-0.2, -0.15) is 0 Å².